The number of rotatable bonds is 5. The Bertz CT molecular complexity index is 1540. The fraction of sp³-hybridized carbons (Fsp3) is 0.148. The smallest absolute Gasteiger partial charge is 0.351 e. The molecule has 2 amide bonds. The summed E-state index contributed by atoms with van der Waals surface area (Å²) in [5, 5.41) is 11.6. The molecule has 2 heterocycles. The average Bonchev–Trinajstić information content (AvgIpc) is 3.29. The van der Waals surface area contributed by atoms with E-state index >= 15 is 0 Å². The quantitative estimate of drug-likeness (QED) is 0.346. The summed E-state index contributed by atoms with van der Waals surface area (Å²) in [6, 6.07) is 15.8. The number of nitrogens with zero attached hydrogens (tertiary/aromatic N) is 2. The molecule has 0 fully saturated rings. The Balaban J connectivity index is 1.88. The zero-order chi connectivity index (χ0) is 25.2. The number of ketones is 2. The van der Waals surface area contributed by atoms with Gasteiger partial charge < -0.3 is 9.67 Å². The number of hydrogen-bond acceptors (Lipinski definition) is 5. The van der Waals surface area contributed by atoms with Crippen LogP contribution in [0.5, 0.6) is 0 Å². The molecule has 8 nitrogen and oxygen atoms in total. The predicted octanol–water partition coefficient (Wildman–Crippen LogP) is 4.25. The maximum Gasteiger partial charge on any atom is 0.351 e. The van der Waals surface area contributed by atoms with Crippen LogP contribution in [-0.4, -0.2) is 43.9 Å². The number of carbonyl (C=O) groups excluding carboxylic acids is 4. The van der Waals surface area contributed by atoms with Crippen molar-refractivity contribution in [1.82, 2.24) is 9.47 Å². The van der Waals surface area contributed by atoms with E-state index in [0.717, 1.165) is 4.90 Å². The monoisotopic (exact) mass is 468 g/mol. The number of aromatic nitrogens is 1. The summed E-state index contributed by atoms with van der Waals surface area (Å²) in [7, 11) is 0. The molecule has 1 atom stereocenters. The fourth-order valence-electron chi connectivity index (χ4n) is 4.81. The van der Waals surface area contributed by atoms with Gasteiger partial charge in [0.1, 0.15) is 0 Å². The molecule has 4 aromatic rings. The number of Topliss-reactive ketones (excluding diaryl/α,β-unsaturated/α-hetero) is 2. The second kappa shape index (κ2) is 7.46. The Hall–Kier alpha value is -4.59. The molecule has 0 aliphatic carbocycles. The molecule has 0 spiro atoms. The van der Waals surface area contributed by atoms with Crippen LogP contribution >= 0.6 is 0 Å². The maximum atomic E-state index is 13.4. The summed E-state index contributed by atoms with van der Waals surface area (Å²) in [5.74, 6) is -3.22. The van der Waals surface area contributed by atoms with Crippen LogP contribution in [0.15, 0.2) is 60.7 Å². The van der Waals surface area contributed by atoms with Crippen LogP contribution in [-0.2, 0) is 10.5 Å². The molecule has 1 aliphatic rings. The van der Waals surface area contributed by atoms with E-state index in [1.807, 2.05) is 0 Å². The molecule has 0 radical (unpaired) electrons. The van der Waals surface area contributed by atoms with Crippen molar-refractivity contribution in [3.63, 3.8) is 0 Å². The van der Waals surface area contributed by atoms with E-state index in [1.54, 1.807) is 48.5 Å². The molecule has 174 valence electrons. The molecule has 1 aliphatic heterocycles. The van der Waals surface area contributed by atoms with Crippen LogP contribution in [0, 0.1) is 0 Å². The number of imide groups is 1. The van der Waals surface area contributed by atoms with Gasteiger partial charge in [-0.1, -0.05) is 12.1 Å². The van der Waals surface area contributed by atoms with Crippen LogP contribution in [0.3, 0.4) is 0 Å². The standard InChI is InChI=1S/C27H20N2O6/c1-14(30)16-8-10-22-20(12-16)21-13-17(15(2)31)9-11-23(21)28(22)27(3,26(34)35)29-24(32)18-6-4-5-7-19(18)25(29)33/h4-13H,1-3H3,(H,34,35). The van der Waals surface area contributed by atoms with Crippen molar-refractivity contribution < 1.29 is 29.1 Å². The minimum atomic E-state index is -2.15. The first-order chi connectivity index (χ1) is 16.6. The second-order valence-corrected chi connectivity index (χ2v) is 8.73. The van der Waals surface area contributed by atoms with Crippen molar-refractivity contribution in [2.45, 2.75) is 26.4 Å². The van der Waals surface area contributed by atoms with E-state index in [9.17, 15) is 29.1 Å². The molecule has 1 aromatic heterocycles. The summed E-state index contributed by atoms with van der Waals surface area (Å²) < 4.78 is 1.41. The van der Waals surface area contributed by atoms with Gasteiger partial charge in [-0.15, -0.1) is 0 Å². The zero-order valence-electron chi connectivity index (χ0n) is 19.2. The van der Waals surface area contributed by atoms with Gasteiger partial charge in [0.05, 0.1) is 22.2 Å². The molecular formula is C27H20N2O6. The van der Waals surface area contributed by atoms with Gasteiger partial charge in [0.25, 0.3) is 11.8 Å². The molecular weight excluding hydrogens is 448 g/mol. The van der Waals surface area contributed by atoms with Crippen molar-refractivity contribution in [3.05, 3.63) is 82.9 Å². The summed E-state index contributed by atoms with van der Waals surface area (Å²) in [5.41, 5.74) is -0.292. The molecule has 8 heteroatoms. The third-order valence-corrected chi connectivity index (χ3v) is 6.65. The van der Waals surface area contributed by atoms with Crippen molar-refractivity contribution in [2.75, 3.05) is 0 Å². The number of aliphatic carboxylic acids is 1. The topological polar surface area (TPSA) is 114 Å². The molecule has 0 saturated carbocycles. The summed E-state index contributed by atoms with van der Waals surface area (Å²) in [6.07, 6.45) is 0. The lowest BCUT2D eigenvalue weighted by Gasteiger charge is -2.36. The van der Waals surface area contributed by atoms with Gasteiger partial charge in [0.2, 0.25) is 5.66 Å². The van der Waals surface area contributed by atoms with Crippen molar-refractivity contribution in [2.24, 2.45) is 0 Å². The molecule has 0 bridgehead atoms. The summed E-state index contributed by atoms with van der Waals surface area (Å²) in [6.45, 7) is 4.14. The highest BCUT2D eigenvalue weighted by Crippen LogP contribution is 2.40. The van der Waals surface area contributed by atoms with Crippen LogP contribution in [0.4, 0.5) is 0 Å². The van der Waals surface area contributed by atoms with Gasteiger partial charge in [-0.25, -0.2) is 9.69 Å². The van der Waals surface area contributed by atoms with Gasteiger partial charge >= 0.3 is 5.97 Å². The highest BCUT2D eigenvalue weighted by Gasteiger charge is 2.53. The number of carboxylic acid groups (broad SMARTS) is 1. The van der Waals surface area contributed by atoms with E-state index in [4.69, 9.17) is 0 Å². The number of benzene rings is 3. The van der Waals surface area contributed by atoms with Crippen LogP contribution in [0.1, 0.15) is 62.2 Å². The van der Waals surface area contributed by atoms with E-state index in [-0.39, 0.29) is 22.7 Å². The summed E-state index contributed by atoms with van der Waals surface area (Å²) in [4.78, 5) is 64.5. The van der Waals surface area contributed by atoms with E-state index in [0.29, 0.717) is 32.9 Å². The summed E-state index contributed by atoms with van der Waals surface area (Å²) >= 11 is 0. The number of fused-ring (bicyclic) bond motifs is 4. The normalized spacial score (nSPS) is 14.9. The van der Waals surface area contributed by atoms with Gasteiger partial charge in [0.15, 0.2) is 11.6 Å². The molecule has 0 saturated heterocycles. The lowest BCUT2D eigenvalue weighted by Crippen LogP contribution is -2.56. The van der Waals surface area contributed by atoms with Gasteiger partial charge in [0, 0.05) is 21.9 Å². The lowest BCUT2D eigenvalue weighted by molar-refractivity contribution is -0.152. The van der Waals surface area contributed by atoms with Crippen LogP contribution < -0.4 is 0 Å². The van der Waals surface area contributed by atoms with E-state index in [1.165, 1.54) is 37.5 Å². The first-order valence-electron chi connectivity index (χ1n) is 10.9. The molecule has 3 aromatic carbocycles. The Morgan fingerprint density at radius 3 is 1.54 bits per heavy atom. The van der Waals surface area contributed by atoms with Gasteiger partial charge in [-0.2, -0.15) is 0 Å². The van der Waals surface area contributed by atoms with E-state index < -0.39 is 23.4 Å². The maximum absolute atomic E-state index is 13.4. The number of carbonyl (C=O) groups is 5. The Kier molecular flexibility index (Phi) is 4.73. The molecule has 35 heavy (non-hydrogen) atoms. The average molecular weight is 468 g/mol. The number of amides is 2. The number of carboxylic acids is 1. The lowest BCUT2D eigenvalue weighted by atomic mass is 10.0. The van der Waals surface area contributed by atoms with E-state index in [2.05, 4.69) is 0 Å². The first-order valence-corrected chi connectivity index (χ1v) is 10.9. The number of hydrogen-bond donors (Lipinski definition) is 1. The SMILES string of the molecule is CC(=O)c1ccc2c(c1)c1cc(C(C)=O)ccc1n2C(C)(C(=O)O)N1C(=O)c2ccccc2C1=O. The minimum absolute atomic E-state index is 0.128. The highest BCUT2D eigenvalue weighted by atomic mass is 16.4. The predicted molar refractivity (Wildman–Crippen MR) is 128 cm³/mol. The Morgan fingerprint density at radius 1 is 0.743 bits per heavy atom. The molecule has 1 unspecified atom stereocenters. The van der Waals surface area contributed by atoms with Crippen molar-refractivity contribution >= 4 is 51.2 Å². The first kappa shape index (κ1) is 22.2. The third-order valence-electron chi connectivity index (χ3n) is 6.65. The fourth-order valence-corrected chi connectivity index (χ4v) is 4.81. The molecule has 5 rings (SSSR count). The van der Waals surface area contributed by atoms with Gasteiger partial charge in [-0.05, 0) is 69.3 Å². The highest BCUT2D eigenvalue weighted by molar-refractivity contribution is 6.23. The van der Waals surface area contributed by atoms with Crippen molar-refractivity contribution in [3.8, 4) is 0 Å². The van der Waals surface area contributed by atoms with Crippen molar-refractivity contribution in [1.29, 1.82) is 0 Å². The third kappa shape index (κ3) is 2.96. The largest absolute Gasteiger partial charge is 0.478 e. The zero-order valence-corrected chi connectivity index (χ0v) is 19.2. The molecule has 1 N–H and O–H groups in total. The minimum Gasteiger partial charge on any atom is -0.478 e. The Morgan fingerprint density at radius 2 is 1.17 bits per heavy atom. The Labute approximate surface area is 199 Å². The van der Waals surface area contributed by atoms with Crippen LogP contribution in [0.25, 0.3) is 21.8 Å². The van der Waals surface area contributed by atoms with Gasteiger partial charge in [-0.3, -0.25) is 19.2 Å². The second-order valence-electron chi connectivity index (χ2n) is 8.73. The van der Waals surface area contributed by atoms with Crippen LogP contribution in [0.2, 0.25) is 0 Å².